The highest BCUT2D eigenvalue weighted by Crippen LogP contribution is 2.29. The van der Waals surface area contributed by atoms with Gasteiger partial charge in [0.15, 0.2) is 12.4 Å². The first-order valence-corrected chi connectivity index (χ1v) is 5.64. The minimum atomic E-state index is -0.474. The Balaban J connectivity index is 2.91. The van der Waals surface area contributed by atoms with E-state index in [0.29, 0.717) is 16.1 Å². The predicted molar refractivity (Wildman–Crippen MR) is 60.2 cm³/mol. The van der Waals surface area contributed by atoms with Gasteiger partial charge in [0.25, 0.3) is 0 Å². The Bertz CT molecular complexity index is 328. The van der Waals surface area contributed by atoms with Gasteiger partial charge in [0.1, 0.15) is 5.75 Å². The van der Waals surface area contributed by atoms with Gasteiger partial charge in [-0.2, -0.15) is 0 Å². The van der Waals surface area contributed by atoms with Crippen LogP contribution in [0.3, 0.4) is 0 Å². The van der Waals surface area contributed by atoms with Crippen molar-refractivity contribution in [1.82, 2.24) is 0 Å². The minimum absolute atomic E-state index is 0.474. The molecule has 1 atom stereocenters. The third kappa shape index (κ3) is 2.72. The van der Waals surface area contributed by atoms with E-state index < -0.39 is 6.10 Å². The SMILES string of the molecule is C[C@@H](C=O)Oc1cccc(CBr)c1Cl. The molecule has 0 radical (unpaired) electrons. The monoisotopic (exact) mass is 276 g/mol. The topological polar surface area (TPSA) is 26.3 Å². The molecule has 0 unspecified atom stereocenters. The lowest BCUT2D eigenvalue weighted by Gasteiger charge is -2.11. The second-order valence-electron chi connectivity index (χ2n) is 2.82. The summed E-state index contributed by atoms with van der Waals surface area (Å²) in [5.74, 6) is 0.545. The van der Waals surface area contributed by atoms with E-state index in [0.717, 1.165) is 11.8 Å². The van der Waals surface area contributed by atoms with Gasteiger partial charge in [0, 0.05) is 5.33 Å². The van der Waals surface area contributed by atoms with Gasteiger partial charge in [-0.15, -0.1) is 0 Å². The normalized spacial score (nSPS) is 12.2. The molecule has 0 aliphatic rings. The van der Waals surface area contributed by atoms with E-state index >= 15 is 0 Å². The first-order valence-electron chi connectivity index (χ1n) is 4.14. The summed E-state index contributed by atoms with van der Waals surface area (Å²) >= 11 is 9.36. The molecule has 0 aromatic heterocycles. The van der Waals surface area contributed by atoms with Crippen molar-refractivity contribution < 1.29 is 9.53 Å². The molecule has 0 amide bonds. The van der Waals surface area contributed by atoms with Gasteiger partial charge in [-0.25, -0.2) is 0 Å². The van der Waals surface area contributed by atoms with Crippen molar-refractivity contribution in [2.75, 3.05) is 0 Å². The maximum Gasteiger partial charge on any atom is 0.160 e. The Labute approximate surface area is 96.3 Å². The highest BCUT2D eigenvalue weighted by Gasteiger charge is 2.08. The molecule has 0 heterocycles. The second-order valence-corrected chi connectivity index (χ2v) is 3.76. The van der Waals surface area contributed by atoms with Gasteiger partial charge in [-0.1, -0.05) is 39.7 Å². The van der Waals surface area contributed by atoms with Crippen molar-refractivity contribution in [2.45, 2.75) is 18.4 Å². The van der Waals surface area contributed by atoms with Gasteiger partial charge < -0.3 is 4.74 Å². The van der Waals surface area contributed by atoms with Crippen molar-refractivity contribution in [1.29, 1.82) is 0 Å². The van der Waals surface area contributed by atoms with Crippen LogP contribution in [-0.2, 0) is 10.1 Å². The number of carbonyl (C=O) groups is 1. The van der Waals surface area contributed by atoms with Crippen molar-refractivity contribution in [2.24, 2.45) is 0 Å². The van der Waals surface area contributed by atoms with E-state index in [2.05, 4.69) is 15.9 Å². The molecule has 0 fully saturated rings. The first kappa shape index (κ1) is 11.5. The minimum Gasteiger partial charge on any atom is -0.482 e. The van der Waals surface area contributed by atoms with Crippen LogP contribution < -0.4 is 4.74 Å². The van der Waals surface area contributed by atoms with E-state index in [4.69, 9.17) is 16.3 Å². The number of ether oxygens (including phenoxy) is 1. The highest BCUT2D eigenvalue weighted by molar-refractivity contribution is 9.08. The van der Waals surface area contributed by atoms with Crippen molar-refractivity contribution in [3.05, 3.63) is 28.8 Å². The van der Waals surface area contributed by atoms with Crippen LogP contribution in [0.4, 0.5) is 0 Å². The molecule has 1 aromatic rings. The summed E-state index contributed by atoms with van der Waals surface area (Å²) in [6.45, 7) is 1.67. The van der Waals surface area contributed by atoms with Gasteiger partial charge in [0.2, 0.25) is 0 Å². The van der Waals surface area contributed by atoms with E-state index in [1.165, 1.54) is 0 Å². The van der Waals surface area contributed by atoms with Crippen LogP contribution in [0.1, 0.15) is 12.5 Å². The quantitative estimate of drug-likeness (QED) is 0.624. The first-order chi connectivity index (χ1) is 6.69. The van der Waals surface area contributed by atoms with Crippen LogP contribution >= 0.6 is 27.5 Å². The summed E-state index contributed by atoms with van der Waals surface area (Å²) in [5.41, 5.74) is 0.947. The summed E-state index contributed by atoms with van der Waals surface area (Å²) < 4.78 is 5.32. The average Bonchev–Trinajstić information content (AvgIpc) is 2.21. The van der Waals surface area contributed by atoms with Crippen LogP contribution in [0, 0.1) is 0 Å². The van der Waals surface area contributed by atoms with Crippen molar-refractivity contribution in [3.8, 4) is 5.75 Å². The fraction of sp³-hybridized carbons (Fsp3) is 0.300. The molecule has 0 aliphatic carbocycles. The largest absolute Gasteiger partial charge is 0.482 e. The molecule has 1 rings (SSSR count). The van der Waals surface area contributed by atoms with Crippen LogP contribution in [0.2, 0.25) is 5.02 Å². The molecule has 0 N–H and O–H groups in total. The Kier molecular flexibility index (Phi) is 4.42. The summed E-state index contributed by atoms with van der Waals surface area (Å²) in [7, 11) is 0. The number of rotatable bonds is 4. The number of halogens is 2. The lowest BCUT2D eigenvalue weighted by molar-refractivity contribution is -0.113. The van der Waals surface area contributed by atoms with Gasteiger partial charge >= 0.3 is 0 Å². The summed E-state index contributed by atoms with van der Waals surface area (Å²) in [4.78, 5) is 10.4. The number of alkyl halides is 1. The fourth-order valence-electron chi connectivity index (χ4n) is 0.979. The molecule has 0 bridgehead atoms. The molecule has 76 valence electrons. The Morgan fingerprint density at radius 2 is 2.36 bits per heavy atom. The number of benzene rings is 1. The third-order valence-electron chi connectivity index (χ3n) is 1.69. The zero-order chi connectivity index (χ0) is 10.6. The van der Waals surface area contributed by atoms with Crippen molar-refractivity contribution in [3.63, 3.8) is 0 Å². The maximum atomic E-state index is 10.4. The van der Waals surface area contributed by atoms with E-state index in [1.54, 1.807) is 13.0 Å². The zero-order valence-electron chi connectivity index (χ0n) is 7.67. The van der Waals surface area contributed by atoms with Crippen LogP contribution in [0.5, 0.6) is 5.75 Å². The lowest BCUT2D eigenvalue weighted by Crippen LogP contribution is -2.13. The standard InChI is InChI=1S/C10H10BrClO2/c1-7(6-13)14-9-4-2-3-8(5-11)10(9)12/h2-4,6-7H,5H2,1H3/t7-/m0/s1. The predicted octanol–water partition coefficient (Wildman–Crippen LogP) is 3.20. The summed E-state index contributed by atoms with van der Waals surface area (Å²) in [5, 5.41) is 1.22. The van der Waals surface area contributed by atoms with E-state index in [9.17, 15) is 4.79 Å². The molecule has 0 spiro atoms. The number of aldehydes is 1. The molecule has 2 nitrogen and oxygen atoms in total. The molecule has 14 heavy (non-hydrogen) atoms. The van der Waals surface area contributed by atoms with Crippen molar-refractivity contribution >= 4 is 33.8 Å². The Hall–Kier alpha value is -0.540. The molecular weight excluding hydrogens is 267 g/mol. The number of hydrogen-bond acceptors (Lipinski definition) is 2. The van der Waals surface area contributed by atoms with Crippen LogP contribution in [-0.4, -0.2) is 12.4 Å². The molecule has 0 aliphatic heterocycles. The smallest absolute Gasteiger partial charge is 0.160 e. The van der Waals surface area contributed by atoms with E-state index in [-0.39, 0.29) is 0 Å². The molecule has 4 heteroatoms. The van der Waals surface area contributed by atoms with Crippen LogP contribution in [0.15, 0.2) is 18.2 Å². The average molecular weight is 278 g/mol. The molecule has 0 saturated heterocycles. The molecular formula is C10H10BrClO2. The Morgan fingerprint density at radius 3 is 2.93 bits per heavy atom. The summed E-state index contributed by atoms with van der Waals surface area (Å²) in [6.07, 6.45) is 0.259. The number of hydrogen-bond donors (Lipinski definition) is 0. The Morgan fingerprint density at radius 1 is 1.64 bits per heavy atom. The van der Waals surface area contributed by atoms with E-state index in [1.807, 2.05) is 12.1 Å². The maximum absolute atomic E-state index is 10.4. The zero-order valence-corrected chi connectivity index (χ0v) is 10.0. The third-order valence-corrected chi connectivity index (χ3v) is 2.72. The van der Waals surface area contributed by atoms with Crippen LogP contribution in [0.25, 0.3) is 0 Å². The van der Waals surface area contributed by atoms with Gasteiger partial charge in [-0.3, -0.25) is 4.79 Å². The number of carbonyl (C=O) groups excluding carboxylic acids is 1. The molecule has 1 aromatic carbocycles. The lowest BCUT2D eigenvalue weighted by atomic mass is 10.2. The fourth-order valence-corrected chi connectivity index (χ4v) is 1.84. The van der Waals surface area contributed by atoms with Gasteiger partial charge in [0.05, 0.1) is 5.02 Å². The highest BCUT2D eigenvalue weighted by atomic mass is 79.9. The van der Waals surface area contributed by atoms with Gasteiger partial charge in [-0.05, 0) is 18.6 Å². The second kappa shape index (κ2) is 5.37. The summed E-state index contributed by atoms with van der Waals surface area (Å²) in [6, 6.07) is 5.49. The molecule has 0 saturated carbocycles.